The smallest absolute Gasteiger partial charge is 0.138 e. The molecule has 18 heavy (non-hydrogen) atoms. The average molecular weight is 247 g/mol. The van der Waals surface area contributed by atoms with E-state index in [4.69, 9.17) is 0 Å². The maximum Gasteiger partial charge on any atom is 0.138 e. The highest BCUT2D eigenvalue weighted by atomic mass is 16.3. The quantitative estimate of drug-likeness (QED) is 0.826. The van der Waals surface area contributed by atoms with E-state index < -0.39 is 0 Å². The van der Waals surface area contributed by atoms with Gasteiger partial charge in [0.05, 0.1) is 5.69 Å². The molecule has 1 spiro atoms. The zero-order valence-electron chi connectivity index (χ0n) is 10.9. The molecule has 2 fully saturated rings. The van der Waals surface area contributed by atoms with Crippen LogP contribution in [0.4, 0.5) is 0 Å². The van der Waals surface area contributed by atoms with Gasteiger partial charge in [-0.05, 0) is 50.4 Å². The Hall–Kier alpha value is -1.13. The Morgan fingerprint density at radius 2 is 2.33 bits per heavy atom. The SMILES string of the molecule is Cc1ccc(O)c(CN2CCC3(CCNC3)C2)n1. The first-order valence-corrected chi connectivity index (χ1v) is 6.76. The van der Waals surface area contributed by atoms with Crippen LogP contribution in [0.2, 0.25) is 0 Å². The molecule has 2 N–H and O–H groups in total. The second-order valence-corrected chi connectivity index (χ2v) is 5.81. The lowest BCUT2D eigenvalue weighted by Crippen LogP contribution is -2.29. The van der Waals surface area contributed by atoms with E-state index in [9.17, 15) is 5.11 Å². The Labute approximate surface area is 108 Å². The first kappa shape index (κ1) is 11.9. The monoisotopic (exact) mass is 247 g/mol. The molecule has 98 valence electrons. The predicted molar refractivity (Wildman–Crippen MR) is 70.5 cm³/mol. The third kappa shape index (κ3) is 2.22. The number of pyridine rings is 1. The summed E-state index contributed by atoms with van der Waals surface area (Å²) in [6.45, 7) is 7.30. The van der Waals surface area contributed by atoms with Crippen molar-refractivity contribution < 1.29 is 5.11 Å². The predicted octanol–water partition coefficient (Wildman–Crippen LogP) is 1.28. The number of hydrogen-bond acceptors (Lipinski definition) is 4. The molecule has 3 heterocycles. The van der Waals surface area contributed by atoms with E-state index in [2.05, 4.69) is 15.2 Å². The van der Waals surface area contributed by atoms with Crippen molar-refractivity contribution in [2.24, 2.45) is 5.41 Å². The molecule has 2 aliphatic heterocycles. The lowest BCUT2D eigenvalue weighted by molar-refractivity contribution is 0.263. The number of nitrogens with zero attached hydrogens (tertiary/aromatic N) is 2. The third-order valence-corrected chi connectivity index (χ3v) is 4.31. The van der Waals surface area contributed by atoms with Gasteiger partial charge in [-0.2, -0.15) is 0 Å². The van der Waals surface area contributed by atoms with Gasteiger partial charge in [0, 0.05) is 25.3 Å². The minimum absolute atomic E-state index is 0.325. The van der Waals surface area contributed by atoms with Crippen molar-refractivity contribution in [3.63, 3.8) is 0 Å². The normalized spacial score (nSPS) is 28.3. The van der Waals surface area contributed by atoms with Crippen molar-refractivity contribution in [2.45, 2.75) is 26.3 Å². The standard InChI is InChI=1S/C14H21N3O/c1-11-2-3-13(18)12(16-11)8-17-7-5-14(10-17)4-6-15-9-14/h2-3,15,18H,4-10H2,1H3. The first-order chi connectivity index (χ1) is 8.67. The Kier molecular flexibility index (Phi) is 2.99. The van der Waals surface area contributed by atoms with Gasteiger partial charge >= 0.3 is 0 Å². The summed E-state index contributed by atoms with van der Waals surface area (Å²) < 4.78 is 0. The first-order valence-electron chi connectivity index (χ1n) is 6.76. The highest BCUT2D eigenvalue weighted by Gasteiger charge is 2.40. The molecule has 3 rings (SSSR count). The molecule has 1 aromatic heterocycles. The van der Waals surface area contributed by atoms with E-state index in [1.54, 1.807) is 6.07 Å². The number of aryl methyl sites for hydroxylation is 1. The van der Waals surface area contributed by atoms with Gasteiger partial charge in [-0.3, -0.25) is 9.88 Å². The lowest BCUT2D eigenvalue weighted by atomic mass is 9.87. The summed E-state index contributed by atoms with van der Waals surface area (Å²) in [6, 6.07) is 3.60. The molecule has 2 saturated heterocycles. The molecule has 1 unspecified atom stereocenters. The van der Waals surface area contributed by atoms with E-state index in [0.29, 0.717) is 11.2 Å². The van der Waals surface area contributed by atoms with Crippen LogP contribution < -0.4 is 5.32 Å². The molecule has 0 aromatic carbocycles. The van der Waals surface area contributed by atoms with Crippen molar-refractivity contribution >= 4 is 0 Å². The maximum atomic E-state index is 9.85. The summed E-state index contributed by atoms with van der Waals surface area (Å²) in [5.74, 6) is 0.325. The molecule has 2 aliphatic rings. The highest BCUT2D eigenvalue weighted by Crippen LogP contribution is 2.36. The molecular weight excluding hydrogens is 226 g/mol. The minimum atomic E-state index is 0.325. The fraction of sp³-hybridized carbons (Fsp3) is 0.643. The third-order valence-electron chi connectivity index (χ3n) is 4.31. The van der Waals surface area contributed by atoms with Crippen LogP contribution in [0.1, 0.15) is 24.2 Å². The fourth-order valence-electron chi connectivity index (χ4n) is 3.24. The van der Waals surface area contributed by atoms with Crippen LogP contribution in [0.15, 0.2) is 12.1 Å². The van der Waals surface area contributed by atoms with Crippen molar-refractivity contribution in [3.05, 3.63) is 23.5 Å². The zero-order chi connectivity index (χ0) is 12.6. The molecule has 4 heteroatoms. The Morgan fingerprint density at radius 1 is 1.44 bits per heavy atom. The Bertz CT molecular complexity index is 441. The topological polar surface area (TPSA) is 48.4 Å². The van der Waals surface area contributed by atoms with Crippen molar-refractivity contribution in [3.8, 4) is 5.75 Å². The summed E-state index contributed by atoms with van der Waals surface area (Å²) in [5, 5.41) is 13.3. The van der Waals surface area contributed by atoms with Crippen LogP contribution in [0.5, 0.6) is 5.75 Å². The largest absolute Gasteiger partial charge is 0.506 e. The number of nitrogens with one attached hydrogen (secondary N) is 1. The summed E-state index contributed by atoms with van der Waals surface area (Å²) in [6.07, 6.45) is 2.56. The summed E-state index contributed by atoms with van der Waals surface area (Å²) in [7, 11) is 0. The second kappa shape index (κ2) is 4.52. The lowest BCUT2D eigenvalue weighted by Gasteiger charge is -2.22. The van der Waals surface area contributed by atoms with Gasteiger partial charge in [-0.25, -0.2) is 0 Å². The number of aromatic nitrogens is 1. The molecule has 0 aliphatic carbocycles. The van der Waals surface area contributed by atoms with Crippen molar-refractivity contribution in [1.29, 1.82) is 0 Å². The maximum absolute atomic E-state index is 9.85. The van der Waals surface area contributed by atoms with Crippen LogP contribution in [0.3, 0.4) is 0 Å². The van der Waals surface area contributed by atoms with Gasteiger partial charge < -0.3 is 10.4 Å². The molecule has 4 nitrogen and oxygen atoms in total. The van der Waals surface area contributed by atoms with E-state index in [0.717, 1.165) is 44.1 Å². The van der Waals surface area contributed by atoms with Gasteiger partial charge in [0.2, 0.25) is 0 Å². The molecule has 0 saturated carbocycles. The van der Waals surface area contributed by atoms with E-state index in [1.165, 1.54) is 12.8 Å². The molecule has 1 aromatic rings. The van der Waals surface area contributed by atoms with Crippen LogP contribution in [-0.4, -0.2) is 41.2 Å². The van der Waals surface area contributed by atoms with Crippen LogP contribution in [0.25, 0.3) is 0 Å². The zero-order valence-corrected chi connectivity index (χ0v) is 10.9. The fourth-order valence-corrected chi connectivity index (χ4v) is 3.24. The molecule has 0 amide bonds. The molecular formula is C14H21N3O. The minimum Gasteiger partial charge on any atom is -0.506 e. The number of likely N-dealkylation sites (tertiary alicyclic amines) is 1. The Balaban J connectivity index is 1.69. The number of aromatic hydroxyl groups is 1. The highest BCUT2D eigenvalue weighted by molar-refractivity contribution is 5.27. The van der Waals surface area contributed by atoms with Gasteiger partial charge in [-0.1, -0.05) is 0 Å². The summed E-state index contributed by atoms with van der Waals surface area (Å²) in [5.41, 5.74) is 2.27. The molecule has 0 radical (unpaired) electrons. The van der Waals surface area contributed by atoms with Gasteiger partial charge in [-0.15, -0.1) is 0 Å². The van der Waals surface area contributed by atoms with E-state index >= 15 is 0 Å². The van der Waals surface area contributed by atoms with Gasteiger partial charge in [0.25, 0.3) is 0 Å². The van der Waals surface area contributed by atoms with E-state index in [-0.39, 0.29) is 0 Å². The van der Waals surface area contributed by atoms with Gasteiger partial charge in [0.15, 0.2) is 0 Å². The van der Waals surface area contributed by atoms with Gasteiger partial charge in [0.1, 0.15) is 5.75 Å². The van der Waals surface area contributed by atoms with Crippen LogP contribution in [0, 0.1) is 12.3 Å². The van der Waals surface area contributed by atoms with Crippen molar-refractivity contribution in [1.82, 2.24) is 15.2 Å². The summed E-state index contributed by atoms with van der Waals surface area (Å²) >= 11 is 0. The Morgan fingerprint density at radius 3 is 3.11 bits per heavy atom. The number of hydrogen-bond donors (Lipinski definition) is 2. The average Bonchev–Trinajstić information content (AvgIpc) is 2.95. The molecule has 0 bridgehead atoms. The van der Waals surface area contributed by atoms with Crippen LogP contribution in [-0.2, 0) is 6.54 Å². The summed E-state index contributed by atoms with van der Waals surface area (Å²) in [4.78, 5) is 6.87. The van der Waals surface area contributed by atoms with Crippen LogP contribution >= 0.6 is 0 Å². The van der Waals surface area contributed by atoms with E-state index in [1.807, 2.05) is 13.0 Å². The van der Waals surface area contributed by atoms with Crippen molar-refractivity contribution in [2.75, 3.05) is 26.2 Å². The second-order valence-electron chi connectivity index (χ2n) is 5.81. The molecule has 1 atom stereocenters. The number of rotatable bonds is 2.